The molecule has 1 aliphatic rings. The van der Waals surface area contributed by atoms with E-state index < -0.39 is 0 Å². The molecule has 0 saturated heterocycles. The third-order valence-electron chi connectivity index (χ3n) is 8.84. The van der Waals surface area contributed by atoms with Crippen LogP contribution in [0.1, 0.15) is 68.0 Å². The summed E-state index contributed by atoms with van der Waals surface area (Å²) in [5.41, 5.74) is 7.06. The largest absolute Gasteiger partial charge is 0.466 e. The molecule has 232 valence electrons. The zero-order valence-electron chi connectivity index (χ0n) is 26.0. The number of ether oxygens (including phenoxy) is 1. The normalized spacial score (nSPS) is 15.0. The molecule has 2 unspecified atom stereocenters. The maximum atomic E-state index is 14.1. The van der Waals surface area contributed by atoms with Crippen LogP contribution in [-0.4, -0.2) is 42.6 Å². The van der Waals surface area contributed by atoms with Crippen molar-refractivity contribution in [1.82, 2.24) is 30.0 Å². The van der Waals surface area contributed by atoms with Crippen LogP contribution in [-0.2, 0) is 35.3 Å². The van der Waals surface area contributed by atoms with Gasteiger partial charge in [-0.1, -0.05) is 92.2 Å². The number of esters is 1. The standard InChI is InChI=1S/C36H40N6O3/c1-3-5-16-32-30(23-26-18-20-27(21-19-26)28-14-9-10-15-29(28)34-37-39-40-38-34)35(43)41-22-11-17-33(42(32)41)31(36(44)45-4-2)24-25-12-7-6-8-13-25/h6-10,12-15,18-21,31,33H,3-5,11,16-17,22-24H2,1-2H3,(H,37,38,39,40). The number of aromatic nitrogens is 6. The molecule has 6 rings (SSSR count). The summed E-state index contributed by atoms with van der Waals surface area (Å²) in [6.45, 7) is 5.01. The Balaban J connectivity index is 1.35. The van der Waals surface area contributed by atoms with Crippen molar-refractivity contribution >= 4 is 5.97 Å². The lowest BCUT2D eigenvalue weighted by atomic mass is 9.88. The van der Waals surface area contributed by atoms with Crippen molar-refractivity contribution in [1.29, 1.82) is 0 Å². The third kappa shape index (κ3) is 6.38. The Morgan fingerprint density at radius 3 is 2.44 bits per heavy atom. The van der Waals surface area contributed by atoms with Crippen LogP contribution in [0.25, 0.3) is 22.5 Å². The lowest BCUT2D eigenvalue weighted by Gasteiger charge is -2.34. The highest BCUT2D eigenvalue weighted by atomic mass is 16.5. The smallest absolute Gasteiger partial charge is 0.311 e. The molecule has 0 fully saturated rings. The first kappa shape index (κ1) is 30.2. The zero-order chi connectivity index (χ0) is 31.2. The highest BCUT2D eigenvalue weighted by molar-refractivity contribution is 5.80. The number of hydrogen-bond acceptors (Lipinski definition) is 6. The molecule has 0 spiro atoms. The maximum absolute atomic E-state index is 14.1. The summed E-state index contributed by atoms with van der Waals surface area (Å²) in [6.07, 6.45) is 5.57. The second-order valence-corrected chi connectivity index (χ2v) is 11.7. The van der Waals surface area contributed by atoms with E-state index >= 15 is 0 Å². The van der Waals surface area contributed by atoms with Crippen LogP contribution in [0.5, 0.6) is 0 Å². The molecule has 0 saturated carbocycles. The van der Waals surface area contributed by atoms with Crippen molar-refractivity contribution in [3.63, 3.8) is 0 Å². The highest BCUT2D eigenvalue weighted by Crippen LogP contribution is 2.35. The van der Waals surface area contributed by atoms with E-state index in [1.54, 1.807) is 0 Å². The molecule has 9 heteroatoms. The second kappa shape index (κ2) is 13.9. The fourth-order valence-corrected chi connectivity index (χ4v) is 6.69. The van der Waals surface area contributed by atoms with Crippen molar-refractivity contribution in [2.45, 2.75) is 71.4 Å². The van der Waals surface area contributed by atoms with Crippen LogP contribution < -0.4 is 5.56 Å². The van der Waals surface area contributed by atoms with Crippen LogP contribution in [0.3, 0.4) is 0 Å². The van der Waals surface area contributed by atoms with Gasteiger partial charge in [-0.05, 0) is 66.5 Å². The van der Waals surface area contributed by atoms with Gasteiger partial charge in [-0.3, -0.25) is 14.3 Å². The van der Waals surface area contributed by atoms with Crippen LogP contribution in [0, 0.1) is 5.92 Å². The summed E-state index contributed by atoms with van der Waals surface area (Å²) in [5, 5.41) is 14.6. The number of nitrogens with zero attached hydrogens (tertiary/aromatic N) is 5. The van der Waals surface area contributed by atoms with Crippen molar-refractivity contribution in [2.75, 3.05) is 6.61 Å². The molecule has 1 aliphatic heterocycles. The van der Waals surface area contributed by atoms with E-state index in [0.29, 0.717) is 31.8 Å². The van der Waals surface area contributed by atoms with E-state index in [4.69, 9.17) is 4.74 Å². The van der Waals surface area contributed by atoms with Gasteiger partial charge in [0.15, 0.2) is 0 Å². The summed E-state index contributed by atoms with van der Waals surface area (Å²) < 4.78 is 9.72. The van der Waals surface area contributed by atoms with Crippen molar-refractivity contribution in [3.8, 4) is 22.5 Å². The van der Waals surface area contributed by atoms with Crippen molar-refractivity contribution in [3.05, 3.63) is 112 Å². The Labute approximate surface area is 263 Å². The quantitative estimate of drug-likeness (QED) is 0.170. The van der Waals surface area contributed by atoms with E-state index in [9.17, 15) is 9.59 Å². The van der Waals surface area contributed by atoms with Gasteiger partial charge in [0.2, 0.25) is 5.82 Å². The Hall–Kier alpha value is -4.79. The van der Waals surface area contributed by atoms with Crippen LogP contribution in [0.2, 0.25) is 0 Å². The highest BCUT2D eigenvalue weighted by Gasteiger charge is 2.37. The summed E-state index contributed by atoms with van der Waals surface area (Å²) in [7, 11) is 0. The summed E-state index contributed by atoms with van der Waals surface area (Å²) in [5.74, 6) is -0.0243. The second-order valence-electron chi connectivity index (χ2n) is 11.7. The molecule has 5 aromatic rings. The molecule has 1 N–H and O–H groups in total. The topological polar surface area (TPSA) is 108 Å². The molecule has 0 bridgehead atoms. The van der Waals surface area contributed by atoms with E-state index in [0.717, 1.165) is 71.2 Å². The molecule has 0 radical (unpaired) electrons. The zero-order valence-corrected chi connectivity index (χ0v) is 26.0. The summed E-state index contributed by atoms with van der Waals surface area (Å²) in [4.78, 5) is 27.6. The molecule has 3 heterocycles. The van der Waals surface area contributed by atoms with E-state index in [1.165, 1.54) is 0 Å². The van der Waals surface area contributed by atoms with Gasteiger partial charge in [0, 0.05) is 29.8 Å². The first-order valence-corrected chi connectivity index (χ1v) is 16.0. The minimum absolute atomic E-state index is 0.0552. The maximum Gasteiger partial charge on any atom is 0.311 e. The van der Waals surface area contributed by atoms with Crippen LogP contribution in [0.4, 0.5) is 0 Å². The van der Waals surface area contributed by atoms with E-state index in [-0.39, 0.29) is 23.5 Å². The van der Waals surface area contributed by atoms with Crippen molar-refractivity contribution in [2.24, 2.45) is 5.92 Å². The number of fused-ring (bicyclic) bond motifs is 1. The average molecular weight is 605 g/mol. The molecular weight excluding hydrogens is 564 g/mol. The molecule has 45 heavy (non-hydrogen) atoms. The number of unbranched alkanes of at least 4 members (excludes halogenated alkanes) is 1. The number of carbonyl (C=O) groups is 1. The summed E-state index contributed by atoms with van der Waals surface area (Å²) >= 11 is 0. The fraction of sp³-hybridized carbons (Fsp3) is 0.361. The fourth-order valence-electron chi connectivity index (χ4n) is 6.69. The monoisotopic (exact) mass is 604 g/mol. The minimum atomic E-state index is -0.377. The number of benzene rings is 3. The van der Waals surface area contributed by atoms with Gasteiger partial charge in [-0.2, -0.15) is 5.21 Å². The Morgan fingerprint density at radius 2 is 1.73 bits per heavy atom. The number of rotatable bonds is 12. The van der Waals surface area contributed by atoms with E-state index in [2.05, 4.69) is 68.6 Å². The van der Waals surface area contributed by atoms with Gasteiger partial charge in [0.25, 0.3) is 5.56 Å². The van der Waals surface area contributed by atoms with Gasteiger partial charge >= 0.3 is 5.97 Å². The predicted molar refractivity (Wildman–Crippen MR) is 174 cm³/mol. The Kier molecular flexibility index (Phi) is 9.33. The van der Waals surface area contributed by atoms with Crippen molar-refractivity contribution < 1.29 is 9.53 Å². The first-order valence-electron chi connectivity index (χ1n) is 16.0. The van der Waals surface area contributed by atoms with Gasteiger partial charge in [-0.15, -0.1) is 10.2 Å². The number of aromatic amines is 1. The molecule has 3 aromatic carbocycles. The number of tetrazole rings is 1. The third-order valence-corrected chi connectivity index (χ3v) is 8.84. The molecule has 2 atom stereocenters. The van der Waals surface area contributed by atoms with Crippen LogP contribution in [0.15, 0.2) is 83.7 Å². The van der Waals surface area contributed by atoms with Gasteiger partial charge < -0.3 is 4.74 Å². The molecule has 0 aliphatic carbocycles. The Morgan fingerprint density at radius 1 is 0.978 bits per heavy atom. The van der Waals surface area contributed by atoms with Gasteiger partial charge in [-0.25, -0.2) is 4.68 Å². The van der Waals surface area contributed by atoms with Crippen LogP contribution >= 0.6 is 0 Å². The molecule has 0 amide bonds. The molecule has 2 aromatic heterocycles. The minimum Gasteiger partial charge on any atom is -0.466 e. The summed E-state index contributed by atoms with van der Waals surface area (Å²) in [6, 6.07) is 26.3. The van der Waals surface area contributed by atoms with Gasteiger partial charge in [0.05, 0.1) is 18.6 Å². The van der Waals surface area contributed by atoms with E-state index in [1.807, 2.05) is 54.1 Å². The first-order chi connectivity index (χ1) is 22.1. The Bertz CT molecular complexity index is 1770. The number of hydrogen-bond donors (Lipinski definition) is 1. The SMILES string of the molecule is CCCCc1c(Cc2ccc(-c3ccccc3-c3nn[nH]n3)cc2)c(=O)n2n1C(C(Cc1ccccc1)C(=O)OCC)CCC2. The number of carbonyl (C=O) groups excluding carboxylic acids is 1. The molecule has 9 nitrogen and oxygen atoms in total. The average Bonchev–Trinajstić information content (AvgIpc) is 3.71. The molecular formula is C36H40N6O3. The van der Waals surface area contributed by atoms with Gasteiger partial charge in [0.1, 0.15) is 0 Å². The number of nitrogens with one attached hydrogen (secondary N) is 1. The lowest BCUT2D eigenvalue weighted by Crippen LogP contribution is -2.38. The predicted octanol–water partition coefficient (Wildman–Crippen LogP) is 6.19. The lowest BCUT2D eigenvalue weighted by molar-refractivity contribution is -0.150. The number of H-pyrrole nitrogens is 1.